The van der Waals surface area contributed by atoms with Crippen molar-refractivity contribution in [3.63, 3.8) is 0 Å². The fourth-order valence-corrected chi connectivity index (χ4v) is 2.31. The van der Waals surface area contributed by atoms with E-state index >= 15 is 0 Å². The van der Waals surface area contributed by atoms with Gasteiger partial charge in [0.2, 0.25) is 6.79 Å². The summed E-state index contributed by atoms with van der Waals surface area (Å²) in [5, 5.41) is 17.4. The zero-order valence-corrected chi connectivity index (χ0v) is 13.0. The average Bonchev–Trinajstić information content (AvgIpc) is 3.21. The maximum atomic E-state index is 10.0. The Balaban J connectivity index is 1.38. The number of ether oxygens (including phenoxy) is 3. The number of hydrogen-bond acceptors (Lipinski definition) is 6. The summed E-state index contributed by atoms with van der Waals surface area (Å²) in [5.74, 6) is 2.04. The van der Waals surface area contributed by atoms with E-state index in [1.165, 1.54) is 0 Å². The number of aromatic nitrogens is 2. The highest BCUT2D eigenvalue weighted by molar-refractivity contribution is 5.46. The Kier molecular flexibility index (Phi) is 4.99. The van der Waals surface area contributed by atoms with E-state index in [1.807, 2.05) is 23.9 Å². The molecule has 3 rings (SSSR count). The molecule has 0 spiro atoms. The van der Waals surface area contributed by atoms with Gasteiger partial charge in [0.25, 0.3) is 0 Å². The lowest BCUT2D eigenvalue weighted by atomic mass is 10.3. The molecule has 2 aromatic rings. The first kappa shape index (κ1) is 15.6. The van der Waals surface area contributed by atoms with Crippen LogP contribution in [0.1, 0.15) is 6.92 Å². The van der Waals surface area contributed by atoms with Crippen molar-refractivity contribution in [1.82, 2.24) is 15.1 Å². The van der Waals surface area contributed by atoms with E-state index < -0.39 is 6.10 Å². The number of aliphatic hydroxyl groups excluding tert-OH is 1. The molecule has 0 aliphatic carbocycles. The van der Waals surface area contributed by atoms with Crippen LogP contribution in [0, 0.1) is 0 Å². The minimum absolute atomic E-state index is 0.204. The van der Waals surface area contributed by atoms with Gasteiger partial charge in [-0.25, -0.2) is 0 Å². The molecule has 0 radical (unpaired) electrons. The quantitative estimate of drug-likeness (QED) is 0.757. The number of nitrogens with one attached hydrogen (secondary N) is 1. The zero-order chi connectivity index (χ0) is 16.1. The van der Waals surface area contributed by atoms with Crippen molar-refractivity contribution in [1.29, 1.82) is 0 Å². The number of rotatable bonds is 8. The van der Waals surface area contributed by atoms with Crippen molar-refractivity contribution in [2.24, 2.45) is 0 Å². The Labute approximate surface area is 134 Å². The van der Waals surface area contributed by atoms with Crippen molar-refractivity contribution in [2.45, 2.75) is 25.6 Å². The maximum absolute atomic E-state index is 10.0. The molecule has 1 aromatic heterocycles. The lowest BCUT2D eigenvalue weighted by Crippen LogP contribution is -2.38. The van der Waals surface area contributed by atoms with Crippen LogP contribution >= 0.6 is 0 Å². The Hall–Kier alpha value is -2.25. The number of nitrogens with zero attached hydrogens (tertiary/aromatic N) is 2. The maximum Gasteiger partial charge on any atom is 0.231 e. The molecule has 1 aliphatic heterocycles. The predicted octanol–water partition coefficient (Wildman–Crippen LogP) is 1.03. The predicted molar refractivity (Wildman–Crippen MR) is 83.8 cm³/mol. The van der Waals surface area contributed by atoms with Crippen LogP contribution in [-0.4, -0.2) is 47.0 Å². The summed E-state index contributed by atoms with van der Waals surface area (Å²) in [5.41, 5.74) is 0. The molecule has 7 heteroatoms. The normalized spacial score (nSPS) is 15.4. The highest BCUT2D eigenvalue weighted by Gasteiger charge is 2.14. The van der Waals surface area contributed by atoms with Crippen LogP contribution in [0.5, 0.6) is 17.2 Å². The minimum atomic E-state index is -0.597. The van der Waals surface area contributed by atoms with Gasteiger partial charge in [0.1, 0.15) is 18.5 Å². The minimum Gasteiger partial charge on any atom is -0.491 e. The molecule has 1 aromatic carbocycles. The van der Waals surface area contributed by atoms with Gasteiger partial charge in [0.05, 0.1) is 6.54 Å². The van der Waals surface area contributed by atoms with Gasteiger partial charge >= 0.3 is 0 Å². The van der Waals surface area contributed by atoms with Crippen LogP contribution in [-0.2, 0) is 6.54 Å². The lowest BCUT2D eigenvalue weighted by molar-refractivity contribution is 0.103. The number of hydrogen-bond donors (Lipinski definition) is 2. The van der Waals surface area contributed by atoms with Crippen LogP contribution in [0.25, 0.3) is 0 Å². The molecular weight excluding hydrogens is 298 g/mol. The summed E-state index contributed by atoms with van der Waals surface area (Å²) in [6, 6.07) is 7.46. The Morgan fingerprint density at radius 3 is 3.09 bits per heavy atom. The second-order valence-corrected chi connectivity index (χ2v) is 5.52. The first-order valence-corrected chi connectivity index (χ1v) is 7.62. The zero-order valence-electron chi connectivity index (χ0n) is 13.0. The third-order valence-corrected chi connectivity index (χ3v) is 3.51. The number of benzene rings is 1. The molecule has 0 fully saturated rings. The standard InChI is InChI=1S/C16H21N3O4/c1-12(9-19-6-2-5-18-19)17-8-13(20)10-21-14-3-4-15-16(7-14)23-11-22-15/h2-7,12-13,17,20H,8-11H2,1H3/t12-,13-/m1/s1. The fraction of sp³-hybridized carbons (Fsp3) is 0.438. The number of fused-ring (bicyclic) bond motifs is 1. The molecule has 2 heterocycles. The van der Waals surface area contributed by atoms with Gasteiger partial charge < -0.3 is 24.6 Å². The molecule has 0 amide bonds. The van der Waals surface area contributed by atoms with Crippen LogP contribution in [0.3, 0.4) is 0 Å². The van der Waals surface area contributed by atoms with Gasteiger partial charge in [0.15, 0.2) is 11.5 Å². The highest BCUT2D eigenvalue weighted by atomic mass is 16.7. The van der Waals surface area contributed by atoms with E-state index in [4.69, 9.17) is 14.2 Å². The monoisotopic (exact) mass is 319 g/mol. The van der Waals surface area contributed by atoms with Crippen molar-refractivity contribution >= 4 is 0 Å². The van der Waals surface area contributed by atoms with E-state index in [0.29, 0.717) is 23.8 Å². The van der Waals surface area contributed by atoms with Gasteiger partial charge in [-0.05, 0) is 25.1 Å². The molecule has 0 bridgehead atoms. The van der Waals surface area contributed by atoms with Crippen molar-refractivity contribution in [3.05, 3.63) is 36.7 Å². The van der Waals surface area contributed by atoms with E-state index in [9.17, 15) is 5.11 Å². The Bertz CT molecular complexity index is 618. The summed E-state index contributed by atoms with van der Waals surface area (Å²) in [6.45, 7) is 3.70. The highest BCUT2D eigenvalue weighted by Crippen LogP contribution is 2.35. The SMILES string of the molecule is C[C@H](Cn1cccn1)NC[C@@H](O)COc1ccc2c(c1)OCO2. The van der Waals surface area contributed by atoms with E-state index in [0.717, 1.165) is 6.54 Å². The van der Waals surface area contributed by atoms with Crippen LogP contribution in [0.4, 0.5) is 0 Å². The van der Waals surface area contributed by atoms with Gasteiger partial charge in [-0.15, -0.1) is 0 Å². The van der Waals surface area contributed by atoms with E-state index in [-0.39, 0.29) is 19.4 Å². The second-order valence-electron chi connectivity index (χ2n) is 5.52. The van der Waals surface area contributed by atoms with E-state index in [1.54, 1.807) is 24.4 Å². The molecule has 0 saturated carbocycles. The summed E-state index contributed by atoms with van der Waals surface area (Å²) in [7, 11) is 0. The van der Waals surface area contributed by atoms with Gasteiger partial charge in [-0.1, -0.05) is 0 Å². The first-order valence-electron chi connectivity index (χ1n) is 7.62. The molecular formula is C16H21N3O4. The summed E-state index contributed by atoms with van der Waals surface area (Å²) < 4.78 is 18.0. The summed E-state index contributed by atoms with van der Waals surface area (Å²) in [4.78, 5) is 0. The first-order chi connectivity index (χ1) is 11.2. The van der Waals surface area contributed by atoms with Gasteiger partial charge in [-0.2, -0.15) is 5.10 Å². The molecule has 1 aliphatic rings. The van der Waals surface area contributed by atoms with Crippen LogP contribution in [0.2, 0.25) is 0 Å². The summed E-state index contributed by atoms with van der Waals surface area (Å²) >= 11 is 0. The van der Waals surface area contributed by atoms with Gasteiger partial charge in [-0.3, -0.25) is 4.68 Å². The fourth-order valence-electron chi connectivity index (χ4n) is 2.31. The topological polar surface area (TPSA) is 77.8 Å². The van der Waals surface area contributed by atoms with Crippen LogP contribution in [0.15, 0.2) is 36.7 Å². The van der Waals surface area contributed by atoms with Crippen molar-refractivity contribution in [3.8, 4) is 17.2 Å². The van der Waals surface area contributed by atoms with Gasteiger partial charge in [0, 0.05) is 31.0 Å². The average molecular weight is 319 g/mol. The molecule has 2 N–H and O–H groups in total. The molecule has 0 saturated heterocycles. The largest absolute Gasteiger partial charge is 0.491 e. The third kappa shape index (κ3) is 4.37. The Morgan fingerprint density at radius 1 is 1.39 bits per heavy atom. The third-order valence-electron chi connectivity index (χ3n) is 3.51. The van der Waals surface area contributed by atoms with E-state index in [2.05, 4.69) is 10.4 Å². The molecule has 23 heavy (non-hydrogen) atoms. The second kappa shape index (κ2) is 7.34. The molecule has 2 atom stereocenters. The smallest absolute Gasteiger partial charge is 0.231 e. The molecule has 0 unspecified atom stereocenters. The van der Waals surface area contributed by atoms with Crippen molar-refractivity contribution < 1.29 is 19.3 Å². The number of aliphatic hydroxyl groups is 1. The lowest BCUT2D eigenvalue weighted by Gasteiger charge is -2.17. The van der Waals surface area contributed by atoms with Crippen molar-refractivity contribution in [2.75, 3.05) is 19.9 Å². The Morgan fingerprint density at radius 2 is 2.26 bits per heavy atom. The molecule has 7 nitrogen and oxygen atoms in total. The summed E-state index contributed by atoms with van der Waals surface area (Å²) in [6.07, 6.45) is 3.07. The van der Waals surface area contributed by atoms with Crippen LogP contribution < -0.4 is 19.5 Å². The molecule has 124 valence electrons.